The molecule has 0 heterocycles. The summed E-state index contributed by atoms with van der Waals surface area (Å²) in [5, 5.41) is 9.70. The summed E-state index contributed by atoms with van der Waals surface area (Å²) in [6.45, 7) is 3.09. The predicted molar refractivity (Wildman–Crippen MR) is 37.8 cm³/mol. The van der Waals surface area contributed by atoms with Crippen LogP contribution in [0.25, 0.3) is 0 Å². The lowest BCUT2D eigenvalue weighted by Gasteiger charge is -2.00. The molecule has 0 saturated heterocycles. The molecule has 4 nitrogen and oxygen atoms in total. The van der Waals surface area contributed by atoms with Crippen molar-refractivity contribution in [2.45, 2.75) is 19.8 Å². The summed E-state index contributed by atoms with van der Waals surface area (Å²) in [4.78, 5) is 9.70. The quantitative estimate of drug-likeness (QED) is 0.436. The average molecular weight is 161 g/mol. The molecule has 0 aliphatic rings. The number of carbonyl (C=O) groups excluding carboxylic acids is 1. The second-order valence-electron chi connectivity index (χ2n) is 2.06. The third-order valence-corrected chi connectivity index (χ3v) is 1.09. The first-order chi connectivity index (χ1) is 5.27. The monoisotopic (exact) mass is 161 g/mol. The van der Waals surface area contributed by atoms with Crippen LogP contribution in [0.2, 0.25) is 0 Å². The lowest BCUT2D eigenvalue weighted by molar-refractivity contribution is 0.0334. The van der Waals surface area contributed by atoms with Gasteiger partial charge in [0.25, 0.3) is 0 Å². The van der Waals surface area contributed by atoms with E-state index in [4.69, 9.17) is 4.74 Å². The summed E-state index contributed by atoms with van der Waals surface area (Å²) in [5.74, 6) is 0. The topological polar surface area (TPSA) is 55.4 Å². The van der Waals surface area contributed by atoms with Crippen molar-refractivity contribution in [3.8, 4) is 0 Å². The first-order valence-electron chi connectivity index (χ1n) is 3.69. The predicted octanol–water partition coefficient (Wildman–Crippen LogP) is 1.37. The van der Waals surface area contributed by atoms with Gasteiger partial charge in [0.05, 0.1) is 6.61 Å². The van der Waals surface area contributed by atoms with Crippen LogP contribution in [0.3, 0.4) is 0 Å². The first kappa shape index (κ1) is 10.2. The minimum absolute atomic E-state index is 0.0616. The fourth-order valence-corrected chi connectivity index (χ4v) is 0.532. The van der Waals surface area contributed by atoms with Crippen molar-refractivity contribution in [3.05, 3.63) is 0 Å². The molecular formula is C7H13O4. The number of unbranched alkanes of at least 4 members (excludes halogenated alkanes) is 1. The summed E-state index contributed by atoms with van der Waals surface area (Å²) >= 11 is 0. The van der Waals surface area contributed by atoms with Crippen molar-refractivity contribution in [3.63, 3.8) is 0 Å². The fraction of sp³-hybridized carbons (Fsp3) is 0.857. The Bertz CT molecular complexity index is 103. The molecule has 0 aromatic carbocycles. The molecule has 11 heavy (non-hydrogen) atoms. The number of hydrogen-bond donors (Lipinski definition) is 0. The Kier molecular flexibility index (Phi) is 6.82. The standard InChI is InChI=1S/C7H13O4/c1-2-3-4-10-5-6-11-7(8)9/h2-6H2,1H3. The molecule has 0 bridgehead atoms. The smallest absolute Gasteiger partial charge is 0.429 e. The third kappa shape index (κ3) is 9.23. The molecule has 0 aromatic heterocycles. The largest absolute Gasteiger partial charge is 0.550 e. The highest BCUT2D eigenvalue weighted by Crippen LogP contribution is 1.87. The van der Waals surface area contributed by atoms with Crippen molar-refractivity contribution in [2.24, 2.45) is 0 Å². The highest BCUT2D eigenvalue weighted by Gasteiger charge is 1.97. The van der Waals surface area contributed by atoms with Gasteiger partial charge in [-0.05, 0) is 6.42 Å². The SMILES string of the molecule is CCCCOCCOC([O])=O. The van der Waals surface area contributed by atoms with Crippen LogP contribution in [-0.4, -0.2) is 26.0 Å². The van der Waals surface area contributed by atoms with E-state index in [0.29, 0.717) is 13.2 Å². The fourth-order valence-electron chi connectivity index (χ4n) is 0.532. The van der Waals surface area contributed by atoms with E-state index in [1.165, 1.54) is 0 Å². The van der Waals surface area contributed by atoms with Gasteiger partial charge in [0.15, 0.2) is 0 Å². The average Bonchev–Trinajstić information content (AvgIpc) is 1.96. The molecule has 1 radical (unpaired) electrons. The van der Waals surface area contributed by atoms with Gasteiger partial charge in [-0.15, -0.1) is 0 Å². The van der Waals surface area contributed by atoms with Gasteiger partial charge in [-0.25, -0.2) is 0 Å². The van der Waals surface area contributed by atoms with Crippen molar-refractivity contribution in [2.75, 3.05) is 19.8 Å². The molecule has 4 heteroatoms. The van der Waals surface area contributed by atoms with Gasteiger partial charge in [-0.3, -0.25) is 0 Å². The molecule has 0 aromatic rings. The Hall–Kier alpha value is -0.770. The maximum atomic E-state index is 9.70. The van der Waals surface area contributed by atoms with Crippen molar-refractivity contribution >= 4 is 6.16 Å². The van der Waals surface area contributed by atoms with Crippen molar-refractivity contribution < 1.29 is 19.4 Å². The van der Waals surface area contributed by atoms with Crippen LogP contribution in [0.4, 0.5) is 4.79 Å². The molecular weight excluding hydrogens is 148 g/mol. The molecule has 0 rings (SSSR count). The van der Waals surface area contributed by atoms with E-state index < -0.39 is 6.16 Å². The molecule has 65 valence electrons. The van der Waals surface area contributed by atoms with E-state index in [9.17, 15) is 9.90 Å². The minimum Gasteiger partial charge on any atom is -0.429 e. The van der Waals surface area contributed by atoms with Crippen LogP contribution < -0.4 is 0 Å². The van der Waals surface area contributed by atoms with E-state index in [2.05, 4.69) is 11.7 Å². The molecule has 0 N–H and O–H groups in total. The van der Waals surface area contributed by atoms with Crippen molar-refractivity contribution in [1.29, 1.82) is 0 Å². The van der Waals surface area contributed by atoms with Crippen molar-refractivity contribution in [1.82, 2.24) is 0 Å². The first-order valence-corrected chi connectivity index (χ1v) is 3.69. The highest BCUT2D eigenvalue weighted by atomic mass is 16.7. The number of ether oxygens (including phenoxy) is 2. The number of rotatable bonds is 6. The van der Waals surface area contributed by atoms with E-state index in [1.54, 1.807) is 0 Å². The van der Waals surface area contributed by atoms with Gasteiger partial charge in [0, 0.05) is 6.61 Å². The Morgan fingerprint density at radius 1 is 1.27 bits per heavy atom. The van der Waals surface area contributed by atoms with Crippen LogP contribution in [0.5, 0.6) is 0 Å². The van der Waals surface area contributed by atoms with Crippen LogP contribution in [0.15, 0.2) is 0 Å². The summed E-state index contributed by atoms with van der Waals surface area (Å²) in [6, 6.07) is 0. The molecule has 0 atom stereocenters. The third-order valence-electron chi connectivity index (χ3n) is 1.09. The van der Waals surface area contributed by atoms with Gasteiger partial charge in [-0.1, -0.05) is 13.3 Å². The highest BCUT2D eigenvalue weighted by molar-refractivity contribution is 5.56. The summed E-state index contributed by atoms with van der Waals surface area (Å²) in [6.07, 6.45) is 0.566. The zero-order valence-electron chi connectivity index (χ0n) is 6.67. The molecule has 0 saturated carbocycles. The van der Waals surface area contributed by atoms with Crippen LogP contribution in [0, 0.1) is 0 Å². The van der Waals surface area contributed by atoms with Gasteiger partial charge in [0.1, 0.15) is 6.61 Å². The lowest BCUT2D eigenvalue weighted by Crippen LogP contribution is -2.07. The maximum absolute atomic E-state index is 9.70. The lowest BCUT2D eigenvalue weighted by atomic mass is 10.4. The van der Waals surface area contributed by atoms with Gasteiger partial charge < -0.3 is 9.47 Å². The second kappa shape index (κ2) is 7.34. The molecule has 0 unspecified atom stereocenters. The molecule has 0 spiro atoms. The van der Waals surface area contributed by atoms with E-state index in [1.807, 2.05) is 0 Å². The molecule has 0 amide bonds. The van der Waals surface area contributed by atoms with E-state index in [-0.39, 0.29) is 6.61 Å². The molecule has 0 aliphatic carbocycles. The Morgan fingerprint density at radius 2 is 2.00 bits per heavy atom. The number of carbonyl (C=O) groups is 1. The Balaban J connectivity index is 2.85. The molecule has 0 aliphatic heterocycles. The zero-order chi connectivity index (χ0) is 8.53. The van der Waals surface area contributed by atoms with Gasteiger partial charge >= 0.3 is 6.16 Å². The van der Waals surface area contributed by atoms with Crippen LogP contribution in [-0.2, 0) is 14.6 Å². The zero-order valence-corrected chi connectivity index (χ0v) is 6.67. The molecule has 0 fully saturated rings. The summed E-state index contributed by atoms with van der Waals surface area (Å²) in [5.41, 5.74) is 0. The Labute approximate surface area is 66.1 Å². The minimum atomic E-state index is -1.50. The van der Waals surface area contributed by atoms with E-state index in [0.717, 1.165) is 12.8 Å². The summed E-state index contributed by atoms with van der Waals surface area (Å²) in [7, 11) is 0. The van der Waals surface area contributed by atoms with Gasteiger partial charge in [-0.2, -0.15) is 9.90 Å². The second-order valence-corrected chi connectivity index (χ2v) is 2.06. The van der Waals surface area contributed by atoms with Crippen LogP contribution >= 0.6 is 0 Å². The number of hydrogen-bond acceptors (Lipinski definition) is 3. The normalized spacial score (nSPS) is 9.55. The van der Waals surface area contributed by atoms with Gasteiger partial charge in [0.2, 0.25) is 0 Å². The van der Waals surface area contributed by atoms with Crippen LogP contribution in [0.1, 0.15) is 19.8 Å². The Morgan fingerprint density at radius 3 is 2.55 bits per heavy atom. The maximum Gasteiger partial charge on any atom is 0.550 e. The van der Waals surface area contributed by atoms with E-state index >= 15 is 0 Å². The summed E-state index contributed by atoms with van der Waals surface area (Å²) < 4.78 is 9.11.